The summed E-state index contributed by atoms with van der Waals surface area (Å²) >= 11 is 0. The van der Waals surface area contributed by atoms with E-state index >= 15 is 0 Å². The Morgan fingerprint density at radius 3 is 1.52 bits per heavy atom. The largest absolute Gasteiger partial charge is 2.00 e. The normalized spacial score (nSPS) is 11.4. The number of para-hydroxylation sites is 1. The van der Waals surface area contributed by atoms with Gasteiger partial charge in [-0.15, -0.1) is 13.8 Å². The second-order valence-electron chi connectivity index (χ2n) is 9.59. The summed E-state index contributed by atoms with van der Waals surface area (Å²) in [5.41, 5.74) is 4.15. The second kappa shape index (κ2) is 15.8. The maximum absolute atomic E-state index is 10.4. The number of benzene rings is 2. The van der Waals surface area contributed by atoms with Crippen LogP contribution in [0.4, 0.5) is 5.69 Å². The van der Waals surface area contributed by atoms with Crippen molar-refractivity contribution in [3.8, 4) is 0 Å². The minimum Gasteiger partial charge on any atom is -0.656 e. The molecule has 2 aromatic carbocycles. The molecule has 1 unspecified atom stereocenters. The first-order valence-electron chi connectivity index (χ1n) is 11.3. The topological polar surface area (TPSA) is 47.2 Å². The summed E-state index contributed by atoms with van der Waals surface area (Å²) in [6.07, 6.45) is 2.68. The zero-order valence-electron chi connectivity index (χ0n) is 21.1. The number of aliphatic hydroxyl groups excluding tert-OH is 1. The van der Waals surface area contributed by atoms with Crippen LogP contribution in [0.2, 0.25) is 19.6 Å². The number of aliphatic hydroxyl groups is 1. The van der Waals surface area contributed by atoms with Gasteiger partial charge in [-0.2, -0.15) is 0 Å². The molecule has 0 aliphatic carbocycles. The van der Waals surface area contributed by atoms with Crippen molar-refractivity contribution in [3.63, 3.8) is 0 Å². The molecule has 5 heteroatoms. The molecular weight excluding hydrogens is 467 g/mol. The van der Waals surface area contributed by atoms with Gasteiger partial charge in [-0.05, 0) is 29.5 Å². The second-order valence-corrected chi connectivity index (χ2v) is 14.7. The van der Waals surface area contributed by atoms with Gasteiger partial charge in [-0.25, -0.2) is 0 Å². The minimum absolute atomic E-state index is 0. The maximum Gasteiger partial charge on any atom is 2.00 e. The Bertz CT molecular complexity index is 822. The van der Waals surface area contributed by atoms with Gasteiger partial charge in [-0.3, -0.25) is 4.98 Å². The number of hydrogen-bond donors (Lipinski definition) is 1. The van der Waals surface area contributed by atoms with E-state index in [9.17, 15) is 5.11 Å². The summed E-state index contributed by atoms with van der Waals surface area (Å²) in [5.74, 6) is 0.760. The molecule has 3 rings (SSSR count). The van der Waals surface area contributed by atoms with Crippen LogP contribution >= 0.6 is 0 Å². The fourth-order valence-electron chi connectivity index (χ4n) is 2.80. The first-order chi connectivity index (χ1) is 15.0. The molecule has 33 heavy (non-hydrogen) atoms. The predicted molar refractivity (Wildman–Crippen MR) is 142 cm³/mol. The third kappa shape index (κ3) is 13.4. The van der Waals surface area contributed by atoms with Crippen molar-refractivity contribution in [2.75, 3.05) is 0 Å². The van der Waals surface area contributed by atoms with E-state index in [0.29, 0.717) is 11.8 Å². The van der Waals surface area contributed by atoms with Crippen molar-refractivity contribution < 1.29 is 21.6 Å². The van der Waals surface area contributed by atoms with Gasteiger partial charge in [0.25, 0.3) is 0 Å². The van der Waals surface area contributed by atoms with Gasteiger partial charge in [-0.1, -0.05) is 113 Å². The van der Waals surface area contributed by atoms with Gasteiger partial charge in [0.15, 0.2) is 0 Å². The van der Waals surface area contributed by atoms with Crippen LogP contribution in [0.1, 0.15) is 62.4 Å². The number of nitrogens with zero attached hydrogens (tertiary/aromatic N) is 2. The van der Waals surface area contributed by atoms with Crippen LogP contribution < -0.4 is 0 Å². The molecule has 0 fully saturated rings. The molecule has 1 atom stereocenters. The van der Waals surface area contributed by atoms with Gasteiger partial charge in [0.2, 0.25) is 0 Å². The molecule has 0 radical (unpaired) electrons. The van der Waals surface area contributed by atoms with E-state index in [1.54, 1.807) is 12.4 Å². The zero-order valence-corrected chi connectivity index (χ0v) is 23.1. The Morgan fingerprint density at radius 2 is 1.18 bits per heavy atom. The summed E-state index contributed by atoms with van der Waals surface area (Å²) in [6, 6.07) is 21.6. The molecule has 1 N–H and O–H groups in total. The van der Waals surface area contributed by atoms with Crippen LogP contribution in [0.25, 0.3) is 5.32 Å². The molecule has 0 bridgehead atoms. The number of aromatic nitrogens is 1. The smallest absolute Gasteiger partial charge is 0.656 e. The molecule has 0 saturated carbocycles. The number of rotatable bonds is 5. The predicted octanol–water partition coefficient (Wildman–Crippen LogP) is 8.41. The summed E-state index contributed by atoms with van der Waals surface area (Å²) in [4.78, 5) is 3.78. The molecule has 182 valence electrons. The van der Waals surface area contributed by atoms with Crippen molar-refractivity contribution >= 4 is 13.8 Å². The van der Waals surface area contributed by atoms with E-state index in [0.717, 1.165) is 11.3 Å². The molecular formula is C28H40N2NiOSi. The summed E-state index contributed by atoms with van der Waals surface area (Å²) in [5, 5.41) is 15.0. The molecule has 3 nitrogen and oxygen atoms in total. The fraction of sp³-hybridized carbons (Fsp3) is 0.357. The van der Waals surface area contributed by atoms with Crippen molar-refractivity contribution in [3.05, 3.63) is 108 Å². The fourth-order valence-corrected chi connectivity index (χ4v) is 2.80. The average Bonchev–Trinajstić information content (AvgIpc) is 2.74. The van der Waals surface area contributed by atoms with E-state index in [2.05, 4.69) is 82.4 Å². The van der Waals surface area contributed by atoms with Crippen molar-refractivity contribution in [1.82, 2.24) is 4.98 Å². The van der Waals surface area contributed by atoms with Crippen LogP contribution in [-0.2, 0) is 16.5 Å². The van der Waals surface area contributed by atoms with Gasteiger partial charge < -0.3 is 17.0 Å². The van der Waals surface area contributed by atoms with Gasteiger partial charge in [0.05, 0.1) is 0 Å². The molecule has 0 spiro atoms. The van der Waals surface area contributed by atoms with Crippen LogP contribution in [0.3, 0.4) is 0 Å². The molecule has 1 heterocycles. The number of hydrogen-bond acceptors (Lipinski definition) is 2. The molecule has 0 aliphatic heterocycles. The zero-order chi connectivity index (χ0) is 24.1. The summed E-state index contributed by atoms with van der Waals surface area (Å²) in [6.45, 7) is 19.2. The van der Waals surface area contributed by atoms with Gasteiger partial charge >= 0.3 is 16.5 Å². The van der Waals surface area contributed by atoms with E-state index < -0.39 is 14.3 Å². The van der Waals surface area contributed by atoms with Crippen molar-refractivity contribution in [2.24, 2.45) is 0 Å². The standard InChI is InChI=1S/C19H24NO.C5H5N.C4H11Si.Ni/c1-13(2)16-11-8-12-17(14(3)4)18(16)20-19(21)15-9-6-5-7-10-15;1-2-4-6-5-3-1;1-5(2,3)4;/h5-14,19,21H,1-4H3;1-5H;1H2,2-4H3;/q-1;;-1;+2. The van der Waals surface area contributed by atoms with Crippen LogP contribution in [0.15, 0.2) is 79.1 Å². The van der Waals surface area contributed by atoms with Crippen molar-refractivity contribution in [2.45, 2.75) is 65.4 Å². The Hall–Kier alpha value is -1.94. The Morgan fingerprint density at radius 1 is 0.758 bits per heavy atom. The summed E-state index contributed by atoms with van der Waals surface area (Å²) < 4.78 is 0. The first-order valence-corrected chi connectivity index (χ1v) is 15.0. The first kappa shape index (κ1) is 31.1. The third-order valence-electron chi connectivity index (χ3n) is 4.26. The SMILES string of the molecule is CC(C)c1cccc(C(C)C)c1[N-]C(O)c1ccccc1.[CH2-][Si](C)(C)C.[Ni+2].c1ccncc1. The minimum atomic E-state index is -0.861. The maximum atomic E-state index is 10.4. The Balaban J connectivity index is 0.000000703. The third-order valence-corrected chi connectivity index (χ3v) is 4.26. The molecule has 0 aliphatic rings. The van der Waals surface area contributed by atoms with Gasteiger partial charge in [0, 0.05) is 18.6 Å². The molecule has 0 saturated heterocycles. The molecule has 1 aromatic heterocycles. The molecule has 0 amide bonds. The van der Waals surface area contributed by atoms with Gasteiger partial charge in [0.1, 0.15) is 0 Å². The molecule has 3 aromatic rings. The Labute approximate surface area is 213 Å². The van der Waals surface area contributed by atoms with Crippen molar-refractivity contribution in [1.29, 1.82) is 0 Å². The van der Waals surface area contributed by atoms with E-state index in [-0.39, 0.29) is 16.5 Å². The monoisotopic (exact) mass is 506 g/mol. The van der Waals surface area contributed by atoms with Crippen LogP contribution in [0, 0.1) is 6.55 Å². The summed E-state index contributed by atoms with van der Waals surface area (Å²) in [7, 11) is -0.861. The van der Waals surface area contributed by atoms with Crippen LogP contribution in [0.5, 0.6) is 0 Å². The average molecular weight is 507 g/mol. The van der Waals surface area contributed by atoms with Crippen LogP contribution in [-0.4, -0.2) is 18.2 Å². The van der Waals surface area contributed by atoms with E-state index in [1.807, 2.05) is 48.5 Å². The Kier molecular flexibility index (Phi) is 14.9. The van der Waals surface area contributed by atoms with E-state index in [1.165, 1.54) is 11.1 Å². The quantitative estimate of drug-likeness (QED) is 0.278. The number of pyridine rings is 1. The van der Waals surface area contributed by atoms with E-state index in [4.69, 9.17) is 0 Å².